The summed E-state index contributed by atoms with van der Waals surface area (Å²) in [5.74, 6) is -0.552. The summed E-state index contributed by atoms with van der Waals surface area (Å²) in [7, 11) is -2.45. The highest BCUT2D eigenvalue weighted by atomic mass is 35.5. The monoisotopic (exact) mass is 368 g/mol. The van der Waals surface area contributed by atoms with Crippen molar-refractivity contribution in [2.24, 2.45) is 0 Å². The van der Waals surface area contributed by atoms with Crippen molar-refractivity contribution in [3.05, 3.63) is 44.8 Å². The minimum absolute atomic E-state index is 0.0439. The van der Waals surface area contributed by atoms with Crippen LogP contribution < -0.4 is 0 Å². The van der Waals surface area contributed by atoms with Crippen molar-refractivity contribution in [2.75, 3.05) is 7.05 Å². The first-order valence-corrected chi connectivity index (χ1v) is 8.77. The maximum Gasteiger partial charge on any atom is 0.254 e. The molecule has 1 heterocycles. The average Bonchev–Trinajstić information content (AvgIpc) is 2.73. The van der Waals surface area contributed by atoms with E-state index >= 15 is 0 Å². The van der Waals surface area contributed by atoms with Crippen molar-refractivity contribution >= 4 is 44.6 Å². The molecule has 0 aliphatic heterocycles. The van der Waals surface area contributed by atoms with Crippen molar-refractivity contribution in [2.45, 2.75) is 17.7 Å². The summed E-state index contributed by atoms with van der Waals surface area (Å²) in [5, 5.41) is 0.177. The van der Waals surface area contributed by atoms with Crippen LogP contribution in [0, 0.1) is 12.7 Å². The molecular weight excluding hydrogens is 358 g/mol. The van der Waals surface area contributed by atoms with Crippen molar-refractivity contribution in [3.8, 4) is 0 Å². The van der Waals surface area contributed by atoms with Gasteiger partial charge in [0.15, 0.2) is 8.68 Å². The first-order chi connectivity index (χ1) is 9.73. The van der Waals surface area contributed by atoms with E-state index in [1.54, 1.807) is 6.92 Å². The number of benzene rings is 1. The maximum atomic E-state index is 13.7. The Kier molecular flexibility index (Phi) is 4.89. The molecule has 0 bridgehead atoms. The summed E-state index contributed by atoms with van der Waals surface area (Å²) in [5.41, 5.74) is 0.440. The lowest BCUT2D eigenvalue weighted by Gasteiger charge is -2.17. The molecule has 0 N–H and O–H groups in total. The third-order valence-corrected chi connectivity index (χ3v) is 6.82. The summed E-state index contributed by atoms with van der Waals surface area (Å²) in [6.07, 6.45) is 0. The minimum atomic E-state index is -3.80. The zero-order chi connectivity index (χ0) is 15.8. The molecular formula is C12H11Cl2FN2O2S2. The standard InChI is InChI=1S/C12H11Cl2FN2O2S2/c1-7-11(20-12(14)16-7)21(18,19)17(2)6-8-9(13)4-3-5-10(8)15/h3-5H,6H2,1-2H3. The number of halogens is 3. The van der Waals surface area contributed by atoms with Gasteiger partial charge in [-0.25, -0.2) is 17.8 Å². The topological polar surface area (TPSA) is 50.3 Å². The fourth-order valence-corrected chi connectivity index (χ4v) is 5.01. The Morgan fingerprint density at radius 3 is 2.57 bits per heavy atom. The summed E-state index contributed by atoms with van der Waals surface area (Å²) < 4.78 is 39.9. The highest BCUT2D eigenvalue weighted by Gasteiger charge is 2.27. The summed E-state index contributed by atoms with van der Waals surface area (Å²) in [4.78, 5) is 3.88. The molecule has 0 atom stereocenters. The Hall–Kier alpha value is -0.730. The van der Waals surface area contributed by atoms with Gasteiger partial charge in [-0.05, 0) is 19.1 Å². The first kappa shape index (κ1) is 16.6. The highest BCUT2D eigenvalue weighted by Crippen LogP contribution is 2.30. The van der Waals surface area contributed by atoms with Gasteiger partial charge in [0, 0.05) is 24.2 Å². The van der Waals surface area contributed by atoms with Gasteiger partial charge in [0.2, 0.25) is 0 Å². The van der Waals surface area contributed by atoms with Crippen molar-refractivity contribution in [3.63, 3.8) is 0 Å². The fourth-order valence-electron chi connectivity index (χ4n) is 1.72. The van der Waals surface area contributed by atoms with Gasteiger partial charge >= 0.3 is 0 Å². The molecule has 0 unspecified atom stereocenters. The SMILES string of the molecule is Cc1nc(Cl)sc1S(=O)(=O)N(C)Cc1c(F)cccc1Cl. The molecule has 21 heavy (non-hydrogen) atoms. The molecule has 0 aliphatic rings. The molecule has 0 spiro atoms. The molecule has 0 fully saturated rings. The van der Waals surface area contributed by atoms with Crippen molar-refractivity contribution in [1.29, 1.82) is 0 Å². The number of rotatable bonds is 4. The number of aryl methyl sites for hydroxylation is 1. The molecule has 9 heteroatoms. The number of nitrogens with zero attached hydrogens (tertiary/aromatic N) is 2. The van der Waals surface area contributed by atoms with E-state index in [-0.39, 0.29) is 25.8 Å². The van der Waals surface area contributed by atoms with Gasteiger partial charge in [0.05, 0.1) is 5.69 Å². The molecule has 0 aliphatic carbocycles. The predicted octanol–water partition coefficient (Wildman–Crippen LogP) is 3.72. The van der Waals surface area contributed by atoms with Crippen LogP contribution in [0.3, 0.4) is 0 Å². The van der Waals surface area contributed by atoms with Crippen molar-refractivity contribution < 1.29 is 12.8 Å². The van der Waals surface area contributed by atoms with E-state index in [1.165, 1.54) is 25.2 Å². The second-order valence-corrected chi connectivity index (χ2v) is 8.53. The van der Waals surface area contributed by atoms with Gasteiger partial charge in [0.1, 0.15) is 5.82 Å². The van der Waals surface area contributed by atoms with Crippen LogP contribution in [0.25, 0.3) is 0 Å². The second-order valence-electron chi connectivity index (χ2n) is 4.30. The fraction of sp³-hybridized carbons (Fsp3) is 0.250. The molecule has 114 valence electrons. The van der Waals surface area contributed by atoms with E-state index in [2.05, 4.69) is 4.98 Å². The van der Waals surface area contributed by atoms with Crippen LogP contribution in [-0.4, -0.2) is 24.8 Å². The number of hydrogen-bond donors (Lipinski definition) is 0. The van der Waals surface area contributed by atoms with Gasteiger partial charge < -0.3 is 0 Å². The van der Waals surface area contributed by atoms with E-state index < -0.39 is 15.8 Å². The lowest BCUT2D eigenvalue weighted by atomic mass is 10.2. The van der Waals surface area contributed by atoms with Crippen LogP contribution in [-0.2, 0) is 16.6 Å². The van der Waals surface area contributed by atoms with Crippen LogP contribution in [0.1, 0.15) is 11.3 Å². The zero-order valence-corrected chi connectivity index (χ0v) is 14.2. The number of sulfonamides is 1. The lowest BCUT2D eigenvalue weighted by Crippen LogP contribution is -2.27. The quantitative estimate of drug-likeness (QED) is 0.826. The number of thiazole rings is 1. The molecule has 0 saturated heterocycles. The summed E-state index contributed by atoms with van der Waals surface area (Å²) in [6, 6.07) is 4.20. The summed E-state index contributed by atoms with van der Waals surface area (Å²) in [6.45, 7) is 1.38. The van der Waals surface area contributed by atoms with E-state index in [9.17, 15) is 12.8 Å². The Labute approximate surface area is 136 Å². The van der Waals surface area contributed by atoms with Crippen LogP contribution in [0.15, 0.2) is 22.4 Å². The van der Waals surface area contributed by atoms with Gasteiger partial charge in [-0.2, -0.15) is 4.31 Å². The Balaban J connectivity index is 2.36. The van der Waals surface area contributed by atoms with Crippen LogP contribution >= 0.6 is 34.5 Å². The molecule has 2 rings (SSSR count). The molecule has 0 radical (unpaired) electrons. The Morgan fingerprint density at radius 1 is 1.38 bits per heavy atom. The van der Waals surface area contributed by atoms with Gasteiger partial charge in [-0.3, -0.25) is 0 Å². The van der Waals surface area contributed by atoms with Gasteiger partial charge in [-0.15, -0.1) is 0 Å². The predicted molar refractivity (Wildman–Crippen MR) is 81.9 cm³/mol. The van der Waals surface area contributed by atoms with Crippen LogP contribution in [0.4, 0.5) is 4.39 Å². The first-order valence-electron chi connectivity index (χ1n) is 5.75. The van der Waals surface area contributed by atoms with Crippen molar-refractivity contribution in [1.82, 2.24) is 9.29 Å². The van der Waals surface area contributed by atoms with E-state index in [1.807, 2.05) is 0 Å². The normalized spacial score (nSPS) is 12.1. The van der Waals surface area contributed by atoms with E-state index in [0.717, 1.165) is 15.6 Å². The van der Waals surface area contributed by atoms with E-state index in [0.29, 0.717) is 5.69 Å². The van der Waals surface area contributed by atoms with Crippen LogP contribution in [0.5, 0.6) is 0 Å². The van der Waals surface area contributed by atoms with Gasteiger partial charge in [0.25, 0.3) is 10.0 Å². The second kappa shape index (κ2) is 6.18. The van der Waals surface area contributed by atoms with Crippen LogP contribution in [0.2, 0.25) is 9.49 Å². The largest absolute Gasteiger partial charge is 0.254 e. The summed E-state index contributed by atoms with van der Waals surface area (Å²) >= 11 is 12.5. The molecule has 1 aromatic carbocycles. The molecule has 2 aromatic rings. The smallest absolute Gasteiger partial charge is 0.229 e. The third kappa shape index (κ3) is 3.37. The third-order valence-electron chi connectivity index (χ3n) is 2.82. The maximum absolute atomic E-state index is 13.7. The molecule has 1 aromatic heterocycles. The minimum Gasteiger partial charge on any atom is -0.229 e. The number of aromatic nitrogens is 1. The Morgan fingerprint density at radius 2 is 2.05 bits per heavy atom. The molecule has 0 amide bonds. The van der Waals surface area contributed by atoms with E-state index in [4.69, 9.17) is 23.2 Å². The Bertz CT molecular complexity index is 757. The lowest BCUT2D eigenvalue weighted by molar-refractivity contribution is 0.457. The molecule has 0 saturated carbocycles. The highest BCUT2D eigenvalue weighted by molar-refractivity contribution is 7.91. The van der Waals surface area contributed by atoms with Gasteiger partial charge in [-0.1, -0.05) is 40.6 Å². The zero-order valence-electron chi connectivity index (χ0n) is 11.1. The molecule has 4 nitrogen and oxygen atoms in total. The average molecular weight is 369 g/mol. The number of hydrogen-bond acceptors (Lipinski definition) is 4.